The van der Waals surface area contributed by atoms with Crippen molar-refractivity contribution in [2.24, 2.45) is 0 Å². The Morgan fingerprint density at radius 3 is 2.00 bits per heavy atom. The van der Waals surface area contributed by atoms with Gasteiger partial charge in [-0.2, -0.15) is 0 Å². The van der Waals surface area contributed by atoms with Crippen molar-refractivity contribution in [2.75, 3.05) is 19.4 Å². The molecule has 0 radical (unpaired) electrons. The van der Waals surface area contributed by atoms with Gasteiger partial charge >= 0.3 is 133 Å². The third kappa shape index (κ3) is 2.60. The van der Waals surface area contributed by atoms with Crippen LogP contribution in [0.25, 0.3) is 0 Å². The van der Waals surface area contributed by atoms with Crippen LogP contribution < -0.4 is 14.0 Å². The number of para-hydroxylation sites is 2. The zero-order valence-corrected chi connectivity index (χ0v) is 14.8. The second-order valence-electron chi connectivity index (χ2n) is 4.71. The number of hydrogen-bond donors (Lipinski definition) is 1. The molecule has 2 aromatic carbocycles. The summed E-state index contributed by atoms with van der Waals surface area (Å²) in [7, 11) is 5.91. The minimum atomic E-state index is -1.44. The van der Waals surface area contributed by atoms with Gasteiger partial charge in [-0.1, -0.05) is 0 Å². The molecule has 1 heterocycles. The molecule has 0 unspecified atom stereocenters. The zero-order valence-electron chi connectivity index (χ0n) is 11.3. The molecule has 0 aliphatic carbocycles. The predicted octanol–water partition coefficient (Wildman–Crippen LogP) is 2.43. The molecule has 2 aromatic rings. The molecule has 0 fully saturated rings. The third-order valence-electron chi connectivity index (χ3n) is 3.05. The van der Waals surface area contributed by atoms with Gasteiger partial charge in [0.1, 0.15) is 0 Å². The topological polar surface area (TPSA) is 15.3 Å². The normalized spacial score (nSPS) is 13.1. The van der Waals surface area contributed by atoms with Gasteiger partial charge in [0.15, 0.2) is 0 Å². The molecule has 0 spiro atoms. The second kappa shape index (κ2) is 5.80. The maximum absolute atomic E-state index is 5.52. The molecule has 1 aliphatic heterocycles. The zero-order chi connectivity index (χ0) is 14.1. The van der Waals surface area contributed by atoms with Crippen LogP contribution in [0.3, 0.4) is 0 Å². The number of nitrogens with one attached hydrogen (secondary N) is 1. The van der Waals surface area contributed by atoms with Gasteiger partial charge in [0, 0.05) is 0 Å². The van der Waals surface area contributed by atoms with Gasteiger partial charge in [0.25, 0.3) is 0 Å². The van der Waals surface area contributed by atoms with Gasteiger partial charge < -0.3 is 0 Å². The first-order valence-corrected chi connectivity index (χ1v) is 11.7. The van der Waals surface area contributed by atoms with Gasteiger partial charge in [-0.3, -0.25) is 0 Å². The summed E-state index contributed by atoms with van der Waals surface area (Å²) in [4.78, 5) is 2.03. The number of benzene rings is 2. The summed E-state index contributed by atoms with van der Waals surface area (Å²) in [6.07, 6.45) is 0. The van der Waals surface area contributed by atoms with Crippen LogP contribution in [0.4, 0.5) is 11.4 Å². The van der Waals surface area contributed by atoms with Crippen LogP contribution in [0.15, 0.2) is 48.5 Å². The van der Waals surface area contributed by atoms with Crippen LogP contribution in [-0.4, -0.2) is 36.8 Å². The Morgan fingerprint density at radius 1 is 1.00 bits per heavy atom. The molecule has 0 aromatic heterocycles. The van der Waals surface area contributed by atoms with Gasteiger partial charge in [0.2, 0.25) is 0 Å². The van der Waals surface area contributed by atoms with E-state index in [1.807, 2.05) is 29.0 Å². The number of thiocarbonyl (C=S) groups is 1. The van der Waals surface area contributed by atoms with E-state index in [9.17, 15) is 0 Å². The number of rotatable bonds is 1. The Morgan fingerprint density at radius 2 is 1.50 bits per heavy atom. The Bertz CT molecular complexity index is 612. The van der Waals surface area contributed by atoms with Crippen molar-refractivity contribution in [3.05, 3.63) is 48.5 Å². The van der Waals surface area contributed by atoms with Crippen molar-refractivity contribution in [3.63, 3.8) is 0 Å². The molecule has 0 atom stereocenters. The van der Waals surface area contributed by atoms with Gasteiger partial charge in [-0.05, 0) is 0 Å². The number of anilines is 2. The molecule has 1 N–H and O–H groups in total. The van der Waals surface area contributed by atoms with Crippen molar-refractivity contribution in [3.8, 4) is 0 Å². The Hall–Kier alpha value is -0.962. The number of fused-ring (bicyclic) bond motifs is 2. The summed E-state index contributed by atoms with van der Waals surface area (Å²) in [5.74, 6) is 0. The van der Waals surface area contributed by atoms with E-state index in [1.54, 1.807) is 0 Å². The average molecular weight is 362 g/mol. The van der Waals surface area contributed by atoms with Gasteiger partial charge in [-0.25, -0.2) is 0 Å². The van der Waals surface area contributed by atoms with Crippen LogP contribution in [0, 0.1) is 0 Å². The maximum atomic E-state index is 5.52. The van der Waals surface area contributed by atoms with Crippen LogP contribution in [-0.2, 0) is 0 Å². The monoisotopic (exact) mass is 362 g/mol. The van der Waals surface area contributed by atoms with E-state index in [0.29, 0.717) is 0 Å². The summed E-state index contributed by atoms with van der Waals surface area (Å²) in [5.41, 5.74) is 2.47. The Labute approximate surface area is 132 Å². The molecule has 0 bridgehead atoms. The quantitative estimate of drug-likeness (QED) is 0.619. The second-order valence-corrected chi connectivity index (χ2v) is 12.2. The van der Waals surface area contributed by atoms with Crippen LogP contribution >= 0.6 is 22.2 Å². The van der Waals surface area contributed by atoms with E-state index in [-0.39, 0.29) is 0 Å². The fraction of sp³-hybridized carbons (Fsp3) is 0.133. The van der Waals surface area contributed by atoms with Crippen LogP contribution in [0.5, 0.6) is 0 Å². The van der Waals surface area contributed by atoms with Gasteiger partial charge in [0.05, 0.1) is 0 Å². The molecule has 0 saturated heterocycles. The van der Waals surface area contributed by atoms with Crippen molar-refractivity contribution in [1.29, 1.82) is 0 Å². The number of hydrogen-bond acceptors (Lipinski definition) is 3. The number of nitrogens with zero attached hydrogens (tertiary/aromatic N) is 1. The molecule has 102 valence electrons. The first kappa shape index (κ1) is 14.0. The molecule has 3 rings (SSSR count). The van der Waals surface area contributed by atoms with E-state index in [1.165, 1.54) is 20.1 Å². The summed E-state index contributed by atoms with van der Waals surface area (Å²) in [6.45, 7) is 0. The standard InChI is InChI=1S/C15H15AsN2S2/c1-18(2)15(19)20-16-11-7-3-5-9-13(11)17-14-10-6-4-8-12(14)16/h3-10,17H,1-2H3. The predicted molar refractivity (Wildman–Crippen MR) is 95.1 cm³/mol. The molecule has 1 aliphatic rings. The van der Waals surface area contributed by atoms with E-state index in [4.69, 9.17) is 12.2 Å². The fourth-order valence-corrected chi connectivity index (χ4v) is 11.6. The summed E-state index contributed by atoms with van der Waals surface area (Å²) < 4.78 is 3.84. The molecular formula is C15H15AsN2S2. The molecule has 0 saturated carbocycles. The summed E-state index contributed by atoms with van der Waals surface area (Å²) in [5, 5.41) is 3.54. The average Bonchev–Trinajstić information content (AvgIpc) is 2.46. The first-order chi connectivity index (χ1) is 9.66. The van der Waals surface area contributed by atoms with Crippen LogP contribution in [0.2, 0.25) is 0 Å². The molecule has 0 amide bonds. The first-order valence-electron chi connectivity index (χ1n) is 6.31. The fourth-order valence-electron chi connectivity index (χ4n) is 2.05. The van der Waals surface area contributed by atoms with E-state index in [2.05, 4.69) is 53.8 Å². The SMILES string of the molecule is CN(C)C(=S)S[As]1c2ccccc2Nc2ccccc21. The minimum absolute atomic E-state index is 0.969. The molecule has 5 heteroatoms. The molecule has 2 nitrogen and oxygen atoms in total. The van der Waals surface area contributed by atoms with E-state index < -0.39 is 13.5 Å². The van der Waals surface area contributed by atoms with Crippen molar-refractivity contribution >= 4 is 60.1 Å². The third-order valence-corrected chi connectivity index (χ3v) is 12.9. The van der Waals surface area contributed by atoms with Gasteiger partial charge in [-0.15, -0.1) is 0 Å². The van der Waals surface area contributed by atoms with Crippen molar-refractivity contribution in [1.82, 2.24) is 4.90 Å². The van der Waals surface area contributed by atoms with E-state index in [0.717, 1.165) is 4.32 Å². The van der Waals surface area contributed by atoms with Crippen molar-refractivity contribution in [2.45, 2.75) is 0 Å². The summed E-state index contributed by atoms with van der Waals surface area (Å²) in [6, 6.07) is 17.2. The summed E-state index contributed by atoms with van der Waals surface area (Å²) >= 11 is 4.08. The van der Waals surface area contributed by atoms with Crippen LogP contribution in [0.1, 0.15) is 0 Å². The van der Waals surface area contributed by atoms with E-state index >= 15 is 0 Å². The van der Waals surface area contributed by atoms with Crippen molar-refractivity contribution < 1.29 is 0 Å². The molecule has 20 heavy (non-hydrogen) atoms. The Kier molecular flexibility index (Phi) is 4.06. The Balaban J connectivity index is 2.05. The molecular weight excluding hydrogens is 347 g/mol.